The number of aliphatic hydroxyl groups excluding tert-OH is 1. The second kappa shape index (κ2) is 14.2. The van der Waals surface area contributed by atoms with E-state index >= 15 is 0 Å². The lowest BCUT2D eigenvalue weighted by atomic mass is 9.92. The first-order valence-electron chi connectivity index (χ1n) is 15.7. The number of β-amino-alcohol motifs (C(OH)–C–C–N with tert-alkyl or cyclic N) is 1. The predicted molar refractivity (Wildman–Crippen MR) is 180 cm³/mol. The van der Waals surface area contributed by atoms with Crippen LogP contribution >= 0.6 is 0 Å². The van der Waals surface area contributed by atoms with Crippen LogP contribution in [0.15, 0.2) is 73.1 Å². The molecular formula is C35H45N7O3. The fourth-order valence-electron chi connectivity index (χ4n) is 5.63. The first-order valence-corrected chi connectivity index (χ1v) is 15.7. The van der Waals surface area contributed by atoms with Crippen LogP contribution in [0, 0.1) is 5.41 Å². The van der Waals surface area contributed by atoms with Crippen LogP contribution in [0.25, 0.3) is 10.9 Å². The largest absolute Gasteiger partial charge is 0.395 e. The van der Waals surface area contributed by atoms with Gasteiger partial charge in [-0.3, -0.25) is 19.2 Å². The molecule has 238 valence electrons. The minimum Gasteiger partial charge on any atom is -0.395 e. The van der Waals surface area contributed by atoms with Crippen LogP contribution in [0.2, 0.25) is 0 Å². The Morgan fingerprint density at radius 1 is 0.933 bits per heavy atom. The van der Waals surface area contributed by atoms with Crippen molar-refractivity contribution in [1.29, 1.82) is 0 Å². The van der Waals surface area contributed by atoms with Crippen molar-refractivity contribution in [3.8, 4) is 0 Å². The van der Waals surface area contributed by atoms with E-state index in [4.69, 9.17) is 5.11 Å². The number of carbonyl (C=O) groups excluding carboxylic acids is 2. The van der Waals surface area contributed by atoms with Gasteiger partial charge in [0.15, 0.2) is 0 Å². The Balaban J connectivity index is 1.29. The molecule has 10 nitrogen and oxygen atoms in total. The third-order valence-corrected chi connectivity index (χ3v) is 8.30. The normalized spacial score (nSPS) is 14.4. The van der Waals surface area contributed by atoms with Crippen LogP contribution in [0.4, 0.5) is 22.0 Å². The van der Waals surface area contributed by atoms with Crippen molar-refractivity contribution in [1.82, 2.24) is 24.7 Å². The van der Waals surface area contributed by atoms with Crippen molar-refractivity contribution in [2.45, 2.75) is 33.7 Å². The highest BCUT2D eigenvalue weighted by Gasteiger charge is 2.19. The Morgan fingerprint density at radius 3 is 2.33 bits per heavy atom. The number of nitrogens with one attached hydrogen (secondary N) is 2. The smallest absolute Gasteiger partial charge is 0.325 e. The van der Waals surface area contributed by atoms with Gasteiger partial charge < -0.3 is 20.6 Å². The summed E-state index contributed by atoms with van der Waals surface area (Å²) in [6, 6.07) is 19.5. The van der Waals surface area contributed by atoms with E-state index < -0.39 is 0 Å². The number of benzene rings is 2. The van der Waals surface area contributed by atoms with Gasteiger partial charge in [0.2, 0.25) is 0 Å². The zero-order valence-electron chi connectivity index (χ0n) is 26.8. The van der Waals surface area contributed by atoms with Crippen molar-refractivity contribution in [3.63, 3.8) is 0 Å². The molecule has 1 aliphatic rings. The molecule has 0 bridgehead atoms. The molecule has 1 aliphatic heterocycles. The Morgan fingerprint density at radius 2 is 1.64 bits per heavy atom. The number of carbonyl (C=O) groups is 2. The number of nitrogens with zero attached hydrogens (tertiary/aromatic N) is 5. The van der Waals surface area contributed by atoms with Crippen LogP contribution in [-0.4, -0.2) is 89.3 Å². The Bertz CT molecular complexity index is 1600. The summed E-state index contributed by atoms with van der Waals surface area (Å²) in [4.78, 5) is 36.9. The van der Waals surface area contributed by atoms with Crippen molar-refractivity contribution in [3.05, 3.63) is 84.2 Å². The summed E-state index contributed by atoms with van der Waals surface area (Å²) >= 11 is 0. The average molecular weight is 612 g/mol. The van der Waals surface area contributed by atoms with Crippen LogP contribution in [-0.2, 0) is 6.54 Å². The number of pyridine rings is 1. The molecule has 0 unspecified atom stereocenters. The molecule has 3 heterocycles. The Kier molecular flexibility index (Phi) is 10.2. The number of aromatic nitrogens is 2. The summed E-state index contributed by atoms with van der Waals surface area (Å²) in [5.74, 6) is 0.275. The topological polar surface area (TPSA) is 106 Å². The summed E-state index contributed by atoms with van der Waals surface area (Å²) in [6.45, 7) is 13.1. The highest BCUT2D eigenvalue weighted by atomic mass is 16.3. The van der Waals surface area contributed by atoms with Gasteiger partial charge in [-0.1, -0.05) is 32.9 Å². The van der Waals surface area contributed by atoms with Crippen molar-refractivity contribution in [2.75, 3.05) is 63.1 Å². The number of hydrogen-bond donors (Lipinski definition) is 3. The maximum atomic E-state index is 13.2. The number of piperazine rings is 1. The lowest BCUT2D eigenvalue weighted by Gasteiger charge is -2.34. The molecule has 1 fully saturated rings. The van der Waals surface area contributed by atoms with Gasteiger partial charge in [-0.15, -0.1) is 0 Å². The molecule has 2 aromatic heterocycles. The second-order valence-corrected chi connectivity index (χ2v) is 12.8. The molecule has 0 saturated carbocycles. The molecule has 0 radical (unpaired) electrons. The number of anilines is 3. The fraction of sp³-hybridized carbons (Fsp3) is 0.400. The minimum absolute atomic E-state index is 0.120. The standard InChI is InChI=1S/C35H45N7O3/c1-35(2,3)13-16-41(29-9-10-31-28(23-29)12-15-42(31)34(45)36-4)30-11-14-37-32(24-30)38-33(44)27-7-5-26(6-8-27)25-40-19-17-39(18-20-40)21-22-43/h5-12,14-15,23-24,43H,13,16-22,25H2,1-4H3,(H,36,45)(H,37,38,44). The summed E-state index contributed by atoms with van der Waals surface area (Å²) in [5, 5.41) is 15.8. The van der Waals surface area contributed by atoms with E-state index in [0.29, 0.717) is 11.4 Å². The van der Waals surface area contributed by atoms with Gasteiger partial charge >= 0.3 is 6.03 Å². The molecule has 10 heteroatoms. The second-order valence-electron chi connectivity index (χ2n) is 12.8. The monoisotopic (exact) mass is 611 g/mol. The van der Waals surface area contributed by atoms with Crippen molar-refractivity contribution in [2.24, 2.45) is 5.41 Å². The van der Waals surface area contributed by atoms with E-state index in [2.05, 4.69) is 57.2 Å². The van der Waals surface area contributed by atoms with Crippen molar-refractivity contribution >= 4 is 40.0 Å². The Hall–Kier alpha value is -4.25. The van der Waals surface area contributed by atoms with Crippen LogP contribution in [0.1, 0.15) is 43.1 Å². The van der Waals surface area contributed by atoms with Gasteiger partial charge in [0, 0.05) is 93.6 Å². The number of hydrogen-bond acceptors (Lipinski definition) is 7. The van der Waals surface area contributed by atoms with E-state index in [1.54, 1.807) is 24.0 Å². The lowest BCUT2D eigenvalue weighted by Crippen LogP contribution is -2.46. The molecule has 4 aromatic rings. The molecule has 2 amide bonds. The molecule has 45 heavy (non-hydrogen) atoms. The van der Waals surface area contributed by atoms with Gasteiger partial charge in [0.1, 0.15) is 5.82 Å². The average Bonchev–Trinajstić information content (AvgIpc) is 3.45. The minimum atomic E-state index is -0.206. The molecule has 5 rings (SSSR count). The number of fused-ring (bicyclic) bond motifs is 1. The van der Waals surface area contributed by atoms with E-state index in [0.717, 1.165) is 74.5 Å². The Labute approximate surface area is 265 Å². The maximum absolute atomic E-state index is 13.2. The van der Waals surface area contributed by atoms with Crippen LogP contribution in [0.3, 0.4) is 0 Å². The van der Waals surface area contributed by atoms with E-state index in [-0.39, 0.29) is 24.0 Å². The summed E-state index contributed by atoms with van der Waals surface area (Å²) < 4.78 is 1.60. The molecule has 1 saturated heterocycles. The van der Waals surface area contributed by atoms with Gasteiger partial charge in [-0.2, -0.15) is 0 Å². The highest BCUT2D eigenvalue weighted by molar-refractivity contribution is 6.04. The maximum Gasteiger partial charge on any atom is 0.325 e. The van der Waals surface area contributed by atoms with Crippen molar-refractivity contribution < 1.29 is 14.7 Å². The van der Waals surface area contributed by atoms with Gasteiger partial charge in [0.05, 0.1) is 12.1 Å². The number of aliphatic hydroxyl groups is 1. The third kappa shape index (κ3) is 8.27. The lowest BCUT2D eigenvalue weighted by molar-refractivity contribution is 0.102. The van der Waals surface area contributed by atoms with Crippen LogP contribution in [0.5, 0.6) is 0 Å². The predicted octanol–water partition coefficient (Wildman–Crippen LogP) is 5.16. The van der Waals surface area contributed by atoms with Gasteiger partial charge in [0.25, 0.3) is 5.91 Å². The molecule has 0 spiro atoms. The van der Waals surface area contributed by atoms with Crippen LogP contribution < -0.4 is 15.5 Å². The highest BCUT2D eigenvalue weighted by Crippen LogP contribution is 2.32. The van der Waals surface area contributed by atoms with Gasteiger partial charge in [-0.05, 0) is 59.9 Å². The first kappa shape index (κ1) is 32.2. The summed E-state index contributed by atoms with van der Waals surface area (Å²) in [5.41, 5.74) is 4.62. The zero-order valence-corrected chi connectivity index (χ0v) is 26.8. The van der Waals surface area contributed by atoms with E-state index in [1.165, 1.54) is 5.56 Å². The van der Waals surface area contributed by atoms with E-state index in [9.17, 15) is 9.59 Å². The summed E-state index contributed by atoms with van der Waals surface area (Å²) in [7, 11) is 1.62. The summed E-state index contributed by atoms with van der Waals surface area (Å²) in [6.07, 6.45) is 4.44. The number of rotatable bonds is 10. The van der Waals surface area contributed by atoms with E-state index in [1.807, 2.05) is 54.6 Å². The van der Waals surface area contributed by atoms with Gasteiger partial charge in [-0.25, -0.2) is 9.78 Å². The quantitative estimate of drug-likeness (QED) is 0.228. The zero-order chi connectivity index (χ0) is 32.0. The molecule has 2 aromatic carbocycles. The SMILES string of the molecule is CNC(=O)n1ccc2cc(N(CCC(C)(C)C)c3ccnc(NC(=O)c4ccc(CN5CCN(CCO)CC5)cc4)c3)ccc21. The molecule has 0 atom stereocenters. The third-order valence-electron chi connectivity index (χ3n) is 8.30. The molecule has 3 N–H and O–H groups in total. The molecule has 0 aliphatic carbocycles. The fourth-order valence-corrected chi connectivity index (χ4v) is 5.63. The number of amides is 2. The first-order chi connectivity index (χ1) is 21.6. The molecular weight excluding hydrogens is 566 g/mol.